The van der Waals surface area contributed by atoms with Gasteiger partial charge in [0, 0.05) is 6.42 Å². The van der Waals surface area contributed by atoms with Crippen molar-refractivity contribution in [2.24, 2.45) is 0 Å². The second-order valence-electron chi connectivity index (χ2n) is 14.3. The molecule has 9 heteroatoms. The summed E-state index contributed by atoms with van der Waals surface area (Å²) in [5.74, 6) is -0.214. The quantitative estimate of drug-likeness (QED) is 0.0297. The van der Waals surface area contributed by atoms with Crippen LogP contribution in [0.5, 0.6) is 0 Å². The largest absolute Gasteiger partial charge is 0.756 e. The molecule has 0 bridgehead atoms. The van der Waals surface area contributed by atoms with Crippen molar-refractivity contribution in [1.29, 1.82) is 0 Å². The third kappa shape index (κ3) is 34.6. The van der Waals surface area contributed by atoms with E-state index in [4.69, 9.17) is 9.05 Å². The summed E-state index contributed by atoms with van der Waals surface area (Å²) in [6.07, 6.45) is 41.7. The van der Waals surface area contributed by atoms with E-state index >= 15 is 0 Å². The summed E-state index contributed by atoms with van der Waals surface area (Å²) in [6.45, 7) is 4.38. The van der Waals surface area contributed by atoms with Crippen molar-refractivity contribution < 1.29 is 32.9 Å². The van der Waals surface area contributed by atoms with Gasteiger partial charge in [-0.3, -0.25) is 9.36 Å². The second-order valence-corrected chi connectivity index (χ2v) is 15.7. The highest BCUT2D eigenvalue weighted by Gasteiger charge is 2.23. The molecule has 2 N–H and O–H groups in total. The van der Waals surface area contributed by atoms with Gasteiger partial charge in [-0.1, -0.05) is 139 Å². The Kier molecular flexibility index (Phi) is 31.9. The molecular formula is C41H75N2O6P. The summed E-state index contributed by atoms with van der Waals surface area (Å²) >= 11 is 0. The number of hydrogen-bond acceptors (Lipinski definition) is 6. The van der Waals surface area contributed by atoms with Crippen molar-refractivity contribution in [3.63, 3.8) is 0 Å². The van der Waals surface area contributed by atoms with Gasteiger partial charge in [-0.05, 0) is 57.8 Å². The van der Waals surface area contributed by atoms with Crippen LogP contribution in [-0.2, 0) is 18.4 Å². The Morgan fingerprint density at radius 2 is 1.22 bits per heavy atom. The van der Waals surface area contributed by atoms with E-state index in [0.29, 0.717) is 17.4 Å². The molecule has 0 aliphatic carbocycles. The smallest absolute Gasteiger partial charge is 0.268 e. The van der Waals surface area contributed by atoms with Gasteiger partial charge < -0.3 is 28.8 Å². The number of aliphatic hydroxyl groups is 1. The van der Waals surface area contributed by atoms with E-state index in [0.717, 1.165) is 70.6 Å². The highest BCUT2D eigenvalue weighted by atomic mass is 31.2. The summed E-state index contributed by atoms with van der Waals surface area (Å²) in [4.78, 5) is 25.0. The molecule has 0 aliphatic rings. The number of carbonyl (C=O) groups is 1. The molecule has 0 radical (unpaired) electrons. The maximum atomic E-state index is 12.7. The minimum Gasteiger partial charge on any atom is -0.756 e. The Hall–Kier alpha value is -1.80. The predicted molar refractivity (Wildman–Crippen MR) is 210 cm³/mol. The summed E-state index contributed by atoms with van der Waals surface area (Å²) in [6, 6.07) is -0.886. The zero-order chi connectivity index (χ0) is 37.2. The molecule has 0 rings (SSSR count). The summed E-state index contributed by atoms with van der Waals surface area (Å²) in [7, 11) is 1.24. The molecule has 3 unspecified atom stereocenters. The number of quaternary nitrogens is 1. The van der Waals surface area contributed by atoms with Gasteiger partial charge in [-0.2, -0.15) is 0 Å². The van der Waals surface area contributed by atoms with Gasteiger partial charge in [0.1, 0.15) is 13.2 Å². The number of aliphatic hydroxyl groups excluding tert-OH is 1. The molecule has 290 valence electrons. The Morgan fingerprint density at radius 3 is 1.78 bits per heavy atom. The maximum absolute atomic E-state index is 12.7. The first-order valence-corrected chi connectivity index (χ1v) is 21.1. The van der Waals surface area contributed by atoms with Crippen molar-refractivity contribution in [1.82, 2.24) is 5.32 Å². The zero-order valence-corrected chi connectivity index (χ0v) is 33.5. The molecule has 50 heavy (non-hydrogen) atoms. The van der Waals surface area contributed by atoms with Gasteiger partial charge in [-0.25, -0.2) is 0 Å². The first kappa shape index (κ1) is 48.2. The Morgan fingerprint density at radius 1 is 0.720 bits per heavy atom. The normalized spacial score (nSPS) is 15.3. The fraction of sp³-hybridized carbons (Fsp3) is 0.732. The Labute approximate surface area is 307 Å². The van der Waals surface area contributed by atoms with Crippen molar-refractivity contribution in [3.05, 3.63) is 60.8 Å². The number of unbranched alkanes of at least 4 members (excludes halogenated alkanes) is 13. The number of phosphoric acid groups is 1. The molecule has 0 saturated heterocycles. The van der Waals surface area contributed by atoms with E-state index in [9.17, 15) is 19.4 Å². The van der Waals surface area contributed by atoms with Crippen LogP contribution in [0.3, 0.4) is 0 Å². The van der Waals surface area contributed by atoms with Crippen LogP contribution in [0.1, 0.15) is 142 Å². The van der Waals surface area contributed by atoms with E-state index in [1.165, 1.54) is 51.4 Å². The lowest BCUT2D eigenvalue weighted by molar-refractivity contribution is -0.870. The maximum Gasteiger partial charge on any atom is 0.268 e. The van der Waals surface area contributed by atoms with Gasteiger partial charge in [0.05, 0.1) is 39.9 Å². The van der Waals surface area contributed by atoms with Gasteiger partial charge in [0.25, 0.3) is 7.82 Å². The average molecular weight is 723 g/mol. The summed E-state index contributed by atoms with van der Waals surface area (Å²) in [5.41, 5.74) is 0. The van der Waals surface area contributed by atoms with Crippen LogP contribution < -0.4 is 10.2 Å². The monoisotopic (exact) mass is 723 g/mol. The number of phosphoric ester groups is 1. The summed E-state index contributed by atoms with van der Waals surface area (Å²) in [5, 5.41) is 13.5. The standard InChI is InChI=1S/C41H75N2O6P/c1-6-8-10-12-13-14-15-16-17-18-19-20-21-22-23-24-25-26-27-28-29-31-33-35-41(45)42-39(40(44)34-32-30-11-9-7-2)38-49-50(46,47)48-37-36-43(3,4)5/h8,10,13-14,16-17,19-20,32,34,39-40,44H,6-7,9,11-12,15,18,21-31,33,35-38H2,1-5H3,(H-,42,45,46,47)/b10-8-,14-13-,17-16-,20-19-,34-32+. The molecule has 0 saturated carbocycles. The highest BCUT2D eigenvalue weighted by Crippen LogP contribution is 2.38. The molecule has 0 aromatic carbocycles. The van der Waals surface area contributed by atoms with Crippen LogP contribution in [-0.4, -0.2) is 68.5 Å². The first-order valence-electron chi connectivity index (χ1n) is 19.7. The van der Waals surface area contributed by atoms with Crippen LogP contribution in [0.4, 0.5) is 0 Å². The van der Waals surface area contributed by atoms with E-state index < -0.39 is 20.0 Å². The molecule has 8 nitrogen and oxygen atoms in total. The van der Waals surface area contributed by atoms with Crippen LogP contribution in [0.2, 0.25) is 0 Å². The molecule has 3 atom stereocenters. The molecule has 0 heterocycles. The minimum atomic E-state index is -4.57. The van der Waals surface area contributed by atoms with Crippen LogP contribution >= 0.6 is 7.82 Å². The average Bonchev–Trinajstić information content (AvgIpc) is 3.06. The van der Waals surface area contributed by atoms with E-state index in [1.807, 2.05) is 27.2 Å². The fourth-order valence-corrected chi connectivity index (χ4v) is 5.80. The first-order chi connectivity index (χ1) is 24.0. The molecule has 0 aliphatic heterocycles. The molecule has 0 aromatic heterocycles. The van der Waals surface area contributed by atoms with Crippen molar-refractivity contribution in [3.8, 4) is 0 Å². The van der Waals surface area contributed by atoms with Crippen molar-refractivity contribution >= 4 is 13.7 Å². The van der Waals surface area contributed by atoms with E-state index in [1.54, 1.807) is 6.08 Å². The fourth-order valence-electron chi connectivity index (χ4n) is 5.08. The predicted octanol–water partition coefficient (Wildman–Crippen LogP) is 9.66. The van der Waals surface area contributed by atoms with Crippen molar-refractivity contribution in [2.45, 2.75) is 154 Å². The van der Waals surface area contributed by atoms with E-state index in [2.05, 4.69) is 67.8 Å². The SMILES string of the molecule is CC/C=C\C/C=C\C/C=C\C/C=C\CCCCCCCCCCCCC(=O)NC(COP(=O)([O-])OCC[N+](C)(C)C)C(O)/C=C/CCCCC. The third-order valence-corrected chi connectivity index (χ3v) is 9.20. The van der Waals surface area contributed by atoms with Crippen molar-refractivity contribution in [2.75, 3.05) is 40.9 Å². The minimum absolute atomic E-state index is 0.00551. The molecular weight excluding hydrogens is 647 g/mol. The van der Waals surface area contributed by atoms with E-state index in [-0.39, 0.29) is 19.1 Å². The Balaban J connectivity index is 4.14. The number of likely N-dealkylation sites (N-methyl/N-ethyl adjacent to an activating group) is 1. The highest BCUT2D eigenvalue weighted by molar-refractivity contribution is 7.45. The number of rotatable bonds is 34. The number of nitrogens with zero attached hydrogens (tertiary/aromatic N) is 1. The lowest BCUT2D eigenvalue weighted by atomic mass is 10.0. The van der Waals surface area contributed by atoms with Crippen LogP contribution in [0.15, 0.2) is 60.8 Å². The van der Waals surface area contributed by atoms with Crippen LogP contribution in [0, 0.1) is 0 Å². The molecule has 0 aromatic rings. The third-order valence-electron chi connectivity index (χ3n) is 8.23. The number of carbonyl (C=O) groups excluding carboxylic acids is 1. The lowest BCUT2D eigenvalue weighted by Gasteiger charge is -2.29. The number of allylic oxidation sites excluding steroid dienone is 9. The van der Waals surface area contributed by atoms with Gasteiger partial charge in [-0.15, -0.1) is 0 Å². The Bertz CT molecular complexity index is 1000. The van der Waals surface area contributed by atoms with Gasteiger partial charge in [0.2, 0.25) is 5.91 Å². The summed E-state index contributed by atoms with van der Waals surface area (Å²) < 4.78 is 22.9. The van der Waals surface area contributed by atoms with Gasteiger partial charge >= 0.3 is 0 Å². The molecule has 0 fully saturated rings. The molecule has 0 spiro atoms. The zero-order valence-electron chi connectivity index (χ0n) is 32.6. The lowest BCUT2D eigenvalue weighted by Crippen LogP contribution is -2.45. The number of nitrogens with one attached hydrogen (secondary N) is 1. The second kappa shape index (κ2) is 33.1. The van der Waals surface area contributed by atoms with Crippen LogP contribution in [0.25, 0.3) is 0 Å². The topological polar surface area (TPSA) is 108 Å². The number of amides is 1. The number of hydrogen-bond donors (Lipinski definition) is 2. The van der Waals surface area contributed by atoms with Gasteiger partial charge in [0.15, 0.2) is 0 Å². The molecule has 1 amide bonds.